The lowest BCUT2D eigenvalue weighted by Crippen LogP contribution is -2.40. The molecule has 3 aromatic rings. The summed E-state index contributed by atoms with van der Waals surface area (Å²) in [5.41, 5.74) is 2.01. The van der Waals surface area contributed by atoms with E-state index in [0.29, 0.717) is 17.7 Å². The Morgan fingerprint density at radius 1 is 1.44 bits per heavy atom. The van der Waals surface area contributed by atoms with Crippen molar-refractivity contribution < 1.29 is 9.53 Å². The highest BCUT2D eigenvalue weighted by atomic mass is 32.1. The Labute approximate surface area is 162 Å². The second-order valence-corrected chi connectivity index (χ2v) is 7.41. The molecule has 0 aliphatic carbocycles. The number of likely N-dealkylation sites (tertiary alicyclic amines) is 1. The van der Waals surface area contributed by atoms with E-state index in [1.165, 1.54) is 0 Å². The van der Waals surface area contributed by atoms with E-state index < -0.39 is 0 Å². The second kappa shape index (κ2) is 7.19. The van der Waals surface area contributed by atoms with Crippen LogP contribution in [0.2, 0.25) is 0 Å². The van der Waals surface area contributed by atoms with Gasteiger partial charge in [0.05, 0.1) is 13.5 Å². The fraction of sp³-hybridized carbons (Fsp3) is 0.421. The predicted molar refractivity (Wildman–Crippen MR) is 106 cm³/mol. The van der Waals surface area contributed by atoms with Crippen LogP contribution in [-0.2, 0) is 18.3 Å². The van der Waals surface area contributed by atoms with Crippen LogP contribution in [0.5, 0.6) is 5.75 Å². The number of hydrogen-bond donors (Lipinski definition) is 2. The van der Waals surface area contributed by atoms with Crippen molar-refractivity contribution in [2.24, 2.45) is 7.05 Å². The zero-order valence-corrected chi connectivity index (χ0v) is 16.3. The van der Waals surface area contributed by atoms with Crippen LogP contribution in [0.25, 0.3) is 10.9 Å². The lowest BCUT2D eigenvalue weighted by molar-refractivity contribution is -0.131. The van der Waals surface area contributed by atoms with Crippen molar-refractivity contribution >= 4 is 29.0 Å². The molecule has 1 saturated heterocycles. The van der Waals surface area contributed by atoms with Crippen LogP contribution in [0.4, 0.5) is 0 Å². The first-order valence-corrected chi connectivity index (χ1v) is 9.50. The van der Waals surface area contributed by atoms with Gasteiger partial charge in [-0.05, 0) is 48.8 Å². The first kappa shape index (κ1) is 17.8. The van der Waals surface area contributed by atoms with Crippen molar-refractivity contribution in [3.63, 3.8) is 0 Å². The van der Waals surface area contributed by atoms with Gasteiger partial charge in [0.25, 0.3) is 0 Å². The molecule has 1 aromatic carbocycles. The molecule has 0 spiro atoms. The van der Waals surface area contributed by atoms with Gasteiger partial charge in [-0.25, -0.2) is 0 Å². The maximum Gasteiger partial charge on any atom is 0.227 e. The largest absolute Gasteiger partial charge is 0.497 e. The third-order valence-corrected chi connectivity index (χ3v) is 5.74. The van der Waals surface area contributed by atoms with Gasteiger partial charge < -0.3 is 19.2 Å². The molecule has 2 aromatic heterocycles. The molecule has 1 atom stereocenters. The molecule has 0 bridgehead atoms. The van der Waals surface area contributed by atoms with Gasteiger partial charge in [0, 0.05) is 43.2 Å². The number of aromatic nitrogens is 4. The molecule has 1 aliphatic heterocycles. The van der Waals surface area contributed by atoms with Gasteiger partial charge in [0.1, 0.15) is 11.6 Å². The van der Waals surface area contributed by atoms with Crippen molar-refractivity contribution in [2.45, 2.75) is 25.2 Å². The zero-order valence-electron chi connectivity index (χ0n) is 15.5. The average Bonchev–Trinajstić information content (AvgIpc) is 3.25. The van der Waals surface area contributed by atoms with Gasteiger partial charge in [-0.15, -0.1) is 0 Å². The molecule has 27 heavy (non-hydrogen) atoms. The number of carbonyl (C=O) groups is 1. The lowest BCUT2D eigenvalue weighted by Gasteiger charge is -2.32. The van der Waals surface area contributed by atoms with Crippen molar-refractivity contribution in [3.05, 3.63) is 40.6 Å². The fourth-order valence-corrected chi connectivity index (χ4v) is 3.98. The molecular formula is C19H23N5O2S. The van der Waals surface area contributed by atoms with E-state index in [4.69, 9.17) is 17.0 Å². The molecule has 2 N–H and O–H groups in total. The first-order valence-electron chi connectivity index (χ1n) is 9.10. The van der Waals surface area contributed by atoms with Gasteiger partial charge in [-0.1, -0.05) is 0 Å². The third kappa shape index (κ3) is 3.37. The summed E-state index contributed by atoms with van der Waals surface area (Å²) in [6, 6.07) is 5.86. The van der Waals surface area contributed by atoms with Crippen LogP contribution in [-0.4, -0.2) is 50.8 Å². The van der Waals surface area contributed by atoms with E-state index in [1.54, 1.807) is 7.11 Å². The number of nitrogens with one attached hydrogen (secondary N) is 2. The smallest absolute Gasteiger partial charge is 0.227 e. The summed E-state index contributed by atoms with van der Waals surface area (Å²) in [7, 11) is 3.57. The Bertz CT molecular complexity index is 1030. The number of fused-ring (bicyclic) bond motifs is 1. The highest BCUT2D eigenvalue weighted by molar-refractivity contribution is 7.71. The molecule has 142 valence electrons. The number of rotatable bonds is 4. The van der Waals surface area contributed by atoms with E-state index in [0.717, 1.165) is 47.4 Å². The van der Waals surface area contributed by atoms with Gasteiger partial charge >= 0.3 is 0 Å². The summed E-state index contributed by atoms with van der Waals surface area (Å²) in [6.45, 7) is 1.47. The average molecular weight is 385 g/mol. The number of nitrogens with zero attached hydrogens (tertiary/aromatic N) is 3. The van der Waals surface area contributed by atoms with Crippen molar-refractivity contribution in [3.8, 4) is 5.75 Å². The molecule has 1 aliphatic rings. The number of ether oxygens (including phenoxy) is 1. The molecule has 7 nitrogen and oxygen atoms in total. The summed E-state index contributed by atoms with van der Waals surface area (Å²) < 4.78 is 7.83. The van der Waals surface area contributed by atoms with Crippen molar-refractivity contribution in [1.82, 2.24) is 24.6 Å². The Morgan fingerprint density at radius 2 is 2.30 bits per heavy atom. The number of amides is 1. The Kier molecular flexibility index (Phi) is 4.73. The molecule has 0 radical (unpaired) electrons. The predicted octanol–water partition coefficient (Wildman–Crippen LogP) is 2.92. The van der Waals surface area contributed by atoms with Crippen LogP contribution in [0, 0.1) is 4.77 Å². The van der Waals surface area contributed by atoms with E-state index in [1.807, 2.05) is 40.9 Å². The minimum absolute atomic E-state index is 0.139. The van der Waals surface area contributed by atoms with Crippen LogP contribution >= 0.6 is 12.2 Å². The fourth-order valence-electron chi connectivity index (χ4n) is 3.84. The SMILES string of the molecule is COc1ccc2[nH]cc(CC(=O)N3CCCC(c4n[nH]c(=S)n4C)C3)c2c1. The number of H-pyrrole nitrogens is 2. The molecule has 3 heterocycles. The number of hydrogen-bond acceptors (Lipinski definition) is 4. The number of benzene rings is 1. The van der Waals surface area contributed by atoms with E-state index in [-0.39, 0.29) is 11.8 Å². The molecule has 1 unspecified atom stereocenters. The van der Waals surface area contributed by atoms with Gasteiger partial charge in [-0.2, -0.15) is 5.10 Å². The highest BCUT2D eigenvalue weighted by Gasteiger charge is 2.28. The van der Waals surface area contributed by atoms with Crippen molar-refractivity contribution in [2.75, 3.05) is 20.2 Å². The third-order valence-electron chi connectivity index (χ3n) is 5.37. The number of methoxy groups -OCH3 is 1. The molecule has 1 fully saturated rings. The maximum atomic E-state index is 13.0. The van der Waals surface area contributed by atoms with Gasteiger partial charge in [-0.3, -0.25) is 9.89 Å². The number of carbonyl (C=O) groups excluding carboxylic acids is 1. The van der Waals surface area contributed by atoms with E-state index in [2.05, 4.69) is 15.2 Å². The summed E-state index contributed by atoms with van der Waals surface area (Å²) in [6.07, 6.45) is 4.28. The summed E-state index contributed by atoms with van der Waals surface area (Å²) in [4.78, 5) is 18.1. The van der Waals surface area contributed by atoms with Crippen LogP contribution in [0.1, 0.15) is 30.1 Å². The number of piperidine rings is 1. The van der Waals surface area contributed by atoms with Crippen LogP contribution in [0.3, 0.4) is 0 Å². The van der Waals surface area contributed by atoms with E-state index in [9.17, 15) is 4.79 Å². The Balaban J connectivity index is 1.51. The Morgan fingerprint density at radius 3 is 3.04 bits per heavy atom. The summed E-state index contributed by atoms with van der Waals surface area (Å²) in [5, 5.41) is 8.23. The molecule has 4 rings (SSSR count). The minimum Gasteiger partial charge on any atom is -0.497 e. The lowest BCUT2D eigenvalue weighted by atomic mass is 9.96. The molecular weight excluding hydrogens is 362 g/mol. The minimum atomic E-state index is 0.139. The van der Waals surface area contributed by atoms with Gasteiger partial charge in [0.15, 0.2) is 4.77 Å². The summed E-state index contributed by atoms with van der Waals surface area (Å²) >= 11 is 5.22. The first-order chi connectivity index (χ1) is 13.1. The molecule has 8 heteroatoms. The normalized spacial score (nSPS) is 17.4. The molecule has 0 saturated carbocycles. The monoisotopic (exact) mass is 385 g/mol. The maximum absolute atomic E-state index is 13.0. The van der Waals surface area contributed by atoms with Crippen LogP contribution < -0.4 is 4.74 Å². The van der Waals surface area contributed by atoms with Gasteiger partial charge in [0.2, 0.25) is 5.91 Å². The van der Waals surface area contributed by atoms with Crippen LogP contribution in [0.15, 0.2) is 24.4 Å². The van der Waals surface area contributed by atoms with Crippen molar-refractivity contribution in [1.29, 1.82) is 0 Å². The number of aromatic amines is 2. The topological polar surface area (TPSA) is 78.9 Å². The second-order valence-electron chi connectivity index (χ2n) is 7.03. The van der Waals surface area contributed by atoms with E-state index >= 15 is 0 Å². The zero-order chi connectivity index (χ0) is 19.0. The Hall–Kier alpha value is -2.61. The quantitative estimate of drug-likeness (QED) is 0.677. The summed E-state index contributed by atoms with van der Waals surface area (Å²) in [5.74, 6) is 2.07. The standard InChI is InChI=1S/C19H23N5O2S/c1-23-18(21-22-19(23)27)12-4-3-7-24(11-12)17(25)8-13-10-20-16-6-5-14(26-2)9-15(13)16/h5-6,9-10,12,20H,3-4,7-8,11H2,1-2H3,(H,22,27). The molecule has 1 amide bonds. The highest BCUT2D eigenvalue weighted by Crippen LogP contribution is 2.27.